The molecule has 1 heterocycles. The Morgan fingerprint density at radius 3 is 2.48 bits per heavy atom. The fourth-order valence-corrected chi connectivity index (χ4v) is 3.18. The van der Waals surface area contributed by atoms with Crippen molar-refractivity contribution in [1.29, 1.82) is 0 Å². The highest BCUT2D eigenvalue weighted by atomic mass is 16.6. The van der Waals surface area contributed by atoms with Crippen LogP contribution >= 0.6 is 0 Å². The molecular formula is C21H23NO3. The fourth-order valence-electron chi connectivity index (χ4n) is 3.18. The molecule has 25 heavy (non-hydrogen) atoms. The quantitative estimate of drug-likeness (QED) is 0.846. The van der Waals surface area contributed by atoms with E-state index in [0.717, 1.165) is 17.5 Å². The Hall–Kier alpha value is -2.59. The average molecular weight is 337 g/mol. The third-order valence-corrected chi connectivity index (χ3v) is 4.51. The van der Waals surface area contributed by atoms with Crippen molar-refractivity contribution in [3.63, 3.8) is 0 Å². The van der Waals surface area contributed by atoms with Crippen molar-refractivity contribution < 1.29 is 14.6 Å². The highest BCUT2D eigenvalue weighted by Gasteiger charge is 2.32. The number of carbonyl (C=O) groups is 1. The summed E-state index contributed by atoms with van der Waals surface area (Å²) in [4.78, 5) is 14.3. The standard InChI is InChI=1S/C21H23NO3/c23-15-19(18-11-5-2-6-12-18)20-13-7-8-14-22(20)21(24)25-16-17-9-3-1-4-10-17/h1-7,9-13,19-20,23H,8,14-16H2/t19-,20-/m1/s1. The lowest BCUT2D eigenvalue weighted by Crippen LogP contribution is -2.46. The maximum Gasteiger partial charge on any atom is 0.410 e. The van der Waals surface area contributed by atoms with Crippen molar-refractivity contribution in [3.8, 4) is 0 Å². The predicted octanol–water partition coefficient (Wildman–Crippen LogP) is 3.73. The molecule has 2 aromatic rings. The van der Waals surface area contributed by atoms with Gasteiger partial charge in [-0.05, 0) is 17.5 Å². The number of hydrogen-bond acceptors (Lipinski definition) is 3. The van der Waals surface area contributed by atoms with E-state index < -0.39 is 0 Å². The largest absolute Gasteiger partial charge is 0.445 e. The second-order valence-electron chi connectivity index (χ2n) is 6.14. The smallest absolute Gasteiger partial charge is 0.410 e. The topological polar surface area (TPSA) is 49.8 Å². The number of amides is 1. The van der Waals surface area contributed by atoms with Gasteiger partial charge in [0.25, 0.3) is 0 Å². The van der Waals surface area contributed by atoms with Crippen molar-refractivity contribution in [2.24, 2.45) is 0 Å². The van der Waals surface area contributed by atoms with Gasteiger partial charge in [0.2, 0.25) is 0 Å². The van der Waals surface area contributed by atoms with Gasteiger partial charge in [0.05, 0.1) is 12.6 Å². The number of nitrogens with zero attached hydrogens (tertiary/aromatic N) is 1. The minimum atomic E-state index is -0.340. The number of carbonyl (C=O) groups excluding carboxylic acids is 1. The molecule has 0 fully saturated rings. The molecule has 0 saturated carbocycles. The van der Waals surface area contributed by atoms with Crippen LogP contribution in [-0.4, -0.2) is 35.3 Å². The van der Waals surface area contributed by atoms with E-state index in [1.54, 1.807) is 4.90 Å². The molecule has 0 radical (unpaired) electrons. The Labute approximate surface area is 148 Å². The van der Waals surface area contributed by atoms with Crippen LogP contribution in [0.25, 0.3) is 0 Å². The molecule has 0 spiro atoms. The molecule has 0 saturated heterocycles. The molecular weight excluding hydrogens is 314 g/mol. The third kappa shape index (κ3) is 4.28. The normalized spacial score (nSPS) is 18.0. The number of aliphatic hydroxyl groups is 1. The van der Waals surface area contributed by atoms with Crippen molar-refractivity contribution in [1.82, 2.24) is 4.90 Å². The summed E-state index contributed by atoms with van der Waals surface area (Å²) in [5, 5.41) is 9.93. The van der Waals surface area contributed by atoms with E-state index in [-0.39, 0.29) is 31.3 Å². The molecule has 1 amide bonds. The van der Waals surface area contributed by atoms with Gasteiger partial charge in [-0.1, -0.05) is 72.8 Å². The average Bonchev–Trinajstić information content (AvgIpc) is 2.69. The van der Waals surface area contributed by atoms with Crippen LogP contribution in [0.5, 0.6) is 0 Å². The Bertz CT molecular complexity index is 700. The highest BCUT2D eigenvalue weighted by molar-refractivity contribution is 5.69. The van der Waals surface area contributed by atoms with Crippen molar-refractivity contribution in [3.05, 3.63) is 83.9 Å². The zero-order chi connectivity index (χ0) is 17.5. The second kappa shape index (κ2) is 8.49. The Balaban J connectivity index is 1.72. The van der Waals surface area contributed by atoms with Crippen LogP contribution in [-0.2, 0) is 11.3 Å². The maximum absolute atomic E-state index is 12.6. The van der Waals surface area contributed by atoms with Crippen LogP contribution < -0.4 is 0 Å². The highest BCUT2D eigenvalue weighted by Crippen LogP contribution is 2.27. The zero-order valence-electron chi connectivity index (χ0n) is 14.1. The summed E-state index contributed by atoms with van der Waals surface area (Å²) < 4.78 is 5.50. The summed E-state index contributed by atoms with van der Waals surface area (Å²) in [5.41, 5.74) is 1.98. The van der Waals surface area contributed by atoms with Gasteiger partial charge in [-0.3, -0.25) is 0 Å². The van der Waals surface area contributed by atoms with Gasteiger partial charge in [0.1, 0.15) is 6.61 Å². The van der Waals surface area contributed by atoms with Gasteiger partial charge in [-0.25, -0.2) is 4.79 Å². The lowest BCUT2D eigenvalue weighted by molar-refractivity contribution is 0.0761. The summed E-state index contributed by atoms with van der Waals surface area (Å²) in [7, 11) is 0. The number of hydrogen-bond donors (Lipinski definition) is 1. The van der Waals surface area contributed by atoms with Gasteiger partial charge < -0.3 is 14.7 Å². The van der Waals surface area contributed by atoms with E-state index in [4.69, 9.17) is 4.74 Å². The Morgan fingerprint density at radius 1 is 1.12 bits per heavy atom. The van der Waals surface area contributed by atoms with E-state index in [2.05, 4.69) is 6.08 Å². The van der Waals surface area contributed by atoms with Crippen LogP contribution in [0.2, 0.25) is 0 Å². The molecule has 4 nitrogen and oxygen atoms in total. The first-order valence-electron chi connectivity index (χ1n) is 8.59. The summed E-state index contributed by atoms with van der Waals surface area (Å²) in [6.45, 7) is 0.821. The summed E-state index contributed by atoms with van der Waals surface area (Å²) >= 11 is 0. The van der Waals surface area contributed by atoms with E-state index in [1.807, 2.05) is 66.7 Å². The van der Waals surface area contributed by atoms with Crippen LogP contribution in [0.3, 0.4) is 0 Å². The van der Waals surface area contributed by atoms with Crippen LogP contribution in [0.1, 0.15) is 23.5 Å². The molecule has 1 aliphatic rings. The SMILES string of the molecule is O=C(OCc1ccccc1)N1CCC=C[C@@H]1[C@H](CO)c1ccccc1. The first-order chi connectivity index (χ1) is 12.3. The van der Waals surface area contributed by atoms with Gasteiger partial charge >= 0.3 is 6.09 Å². The molecule has 0 unspecified atom stereocenters. The number of benzene rings is 2. The van der Waals surface area contributed by atoms with E-state index in [0.29, 0.717) is 6.54 Å². The van der Waals surface area contributed by atoms with Gasteiger partial charge in [-0.2, -0.15) is 0 Å². The molecule has 0 aromatic heterocycles. The minimum Gasteiger partial charge on any atom is -0.445 e. The number of ether oxygens (including phenoxy) is 1. The summed E-state index contributed by atoms with van der Waals surface area (Å²) in [5.74, 6) is -0.165. The first-order valence-corrected chi connectivity index (χ1v) is 8.59. The summed E-state index contributed by atoms with van der Waals surface area (Å²) in [6, 6.07) is 19.2. The van der Waals surface area contributed by atoms with Crippen molar-refractivity contribution in [2.45, 2.75) is 25.0 Å². The zero-order valence-corrected chi connectivity index (χ0v) is 14.1. The van der Waals surface area contributed by atoms with Crippen molar-refractivity contribution in [2.75, 3.05) is 13.2 Å². The van der Waals surface area contributed by atoms with Gasteiger partial charge in [-0.15, -0.1) is 0 Å². The molecule has 0 bridgehead atoms. The van der Waals surface area contributed by atoms with Crippen molar-refractivity contribution >= 4 is 6.09 Å². The van der Waals surface area contributed by atoms with Crippen LogP contribution in [0, 0.1) is 0 Å². The van der Waals surface area contributed by atoms with E-state index >= 15 is 0 Å². The molecule has 2 atom stereocenters. The molecule has 1 N–H and O–H groups in total. The first kappa shape index (κ1) is 17.2. The summed E-state index contributed by atoms with van der Waals surface area (Å²) in [6.07, 6.45) is 4.52. The molecule has 130 valence electrons. The Morgan fingerprint density at radius 2 is 1.80 bits per heavy atom. The third-order valence-electron chi connectivity index (χ3n) is 4.51. The fraction of sp³-hybridized carbons (Fsp3) is 0.286. The second-order valence-corrected chi connectivity index (χ2v) is 6.14. The Kier molecular flexibility index (Phi) is 5.86. The van der Waals surface area contributed by atoms with Gasteiger partial charge in [0.15, 0.2) is 0 Å². The van der Waals surface area contributed by atoms with Gasteiger partial charge in [0, 0.05) is 12.5 Å². The van der Waals surface area contributed by atoms with Crippen LogP contribution in [0.4, 0.5) is 4.79 Å². The van der Waals surface area contributed by atoms with E-state index in [1.165, 1.54) is 0 Å². The lowest BCUT2D eigenvalue weighted by atomic mass is 9.89. The van der Waals surface area contributed by atoms with Crippen LogP contribution in [0.15, 0.2) is 72.8 Å². The minimum absolute atomic E-state index is 0.0263. The monoisotopic (exact) mass is 337 g/mol. The number of rotatable bonds is 5. The molecule has 0 aliphatic carbocycles. The maximum atomic E-state index is 12.6. The molecule has 1 aliphatic heterocycles. The molecule has 3 rings (SSSR count). The number of aliphatic hydroxyl groups excluding tert-OH is 1. The predicted molar refractivity (Wildman–Crippen MR) is 97.1 cm³/mol. The molecule has 4 heteroatoms. The lowest BCUT2D eigenvalue weighted by Gasteiger charge is -2.36. The molecule has 2 aromatic carbocycles. The van der Waals surface area contributed by atoms with E-state index in [9.17, 15) is 9.90 Å².